The number of halogens is 1. The summed E-state index contributed by atoms with van der Waals surface area (Å²) >= 11 is 6.01. The van der Waals surface area contributed by atoms with Gasteiger partial charge < -0.3 is 19.5 Å². The van der Waals surface area contributed by atoms with E-state index in [1.54, 1.807) is 6.20 Å². The maximum absolute atomic E-state index is 12.0. The number of alkyl carbamates (subject to hydrolysis) is 1. The quantitative estimate of drug-likeness (QED) is 0.609. The zero-order valence-electron chi connectivity index (χ0n) is 17.5. The van der Waals surface area contributed by atoms with Crippen LogP contribution < -0.4 is 10.2 Å². The first-order valence-corrected chi connectivity index (χ1v) is 10.8. The van der Waals surface area contributed by atoms with Crippen molar-refractivity contribution in [3.8, 4) is 0 Å². The van der Waals surface area contributed by atoms with Crippen molar-refractivity contribution in [2.75, 3.05) is 24.5 Å². The average Bonchev–Trinajstić information content (AvgIpc) is 3.26. The lowest BCUT2D eigenvalue weighted by Gasteiger charge is -2.32. The Morgan fingerprint density at radius 2 is 2.10 bits per heavy atom. The van der Waals surface area contributed by atoms with Gasteiger partial charge >= 0.3 is 6.09 Å². The topological polar surface area (TPSA) is 106 Å². The second-order valence-corrected chi connectivity index (χ2v) is 8.39. The van der Waals surface area contributed by atoms with E-state index in [2.05, 4.69) is 25.3 Å². The van der Waals surface area contributed by atoms with Crippen molar-refractivity contribution < 1.29 is 14.1 Å². The van der Waals surface area contributed by atoms with Crippen LogP contribution in [-0.2, 0) is 11.3 Å². The van der Waals surface area contributed by atoms with Gasteiger partial charge in [-0.1, -0.05) is 30.6 Å². The van der Waals surface area contributed by atoms with Gasteiger partial charge in [-0.3, -0.25) is 4.98 Å². The number of carbonyl (C=O) groups is 1. The number of fused-ring (bicyclic) bond motifs is 1. The number of nitrogens with zero attached hydrogens (tertiary/aromatic N) is 5. The summed E-state index contributed by atoms with van der Waals surface area (Å²) in [5, 5.41) is 7.29. The number of benzene rings is 1. The summed E-state index contributed by atoms with van der Waals surface area (Å²) in [6.45, 7) is 6.19. The minimum atomic E-state index is -0.475. The van der Waals surface area contributed by atoms with Gasteiger partial charge in [0.25, 0.3) is 0 Å². The monoisotopic (exact) mass is 444 g/mol. The largest absolute Gasteiger partial charge is 0.441 e. The van der Waals surface area contributed by atoms with Crippen LogP contribution in [0, 0.1) is 5.92 Å². The second kappa shape index (κ2) is 9.47. The molecule has 31 heavy (non-hydrogen) atoms. The molecule has 1 amide bonds. The van der Waals surface area contributed by atoms with E-state index in [0.717, 1.165) is 42.8 Å². The Morgan fingerprint density at radius 3 is 2.84 bits per heavy atom. The number of anilines is 1. The average molecular weight is 445 g/mol. The summed E-state index contributed by atoms with van der Waals surface area (Å²) in [7, 11) is 0. The number of ether oxygens (including phenoxy) is 1. The Hall–Kier alpha value is -2.94. The molecule has 4 rings (SSSR count). The van der Waals surface area contributed by atoms with E-state index in [9.17, 15) is 4.79 Å². The van der Waals surface area contributed by atoms with Gasteiger partial charge in [-0.25, -0.2) is 9.78 Å². The lowest BCUT2D eigenvalue weighted by Crippen LogP contribution is -2.39. The summed E-state index contributed by atoms with van der Waals surface area (Å²) in [6, 6.07) is 5.52. The molecule has 9 nitrogen and oxygen atoms in total. The van der Waals surface area contributed by atoms with Crippen molar-refractivity contribution >= 4 is 34.5 Å². The summed E-state index contributed by atoms with van der Waals surface area (Å²) < 4.78 is 10.3. The SMILES string of the molecule is CC(C)c1nc(COC(=O)NCC2CCN(c3cnc4cc(Cl)ccc4n3)CC2)no1. The number of hydrogen-bond acceptors (Lipinski definition) is 8. The van der Waals surface area contributed by atoms with Crippen LogP contribution >= 0.6 is 11.6 Å². The molecule has 0 unspecified atom stereocenters. The number of carbonyl (C=O) groups excluding carboxylic acids is 1. The van der Waals surface area contributed by atoms with E-state index in [-0.39, 0.29) is 12.5 Å². The van der Waals surface area contributed by atoms with Gasteiger partial charge in [-0.15, -0.1) is 0 Å². The molecular formula is C21H25ClN6O3. The molecule has 2 aromatic heterocycles. The lowest BCUT2D eigenvalue weighted by atomic mass is 9.97. The van der Waals surface area contributed by atoms with Crippen LogP contribution in [0.3, 0.4) is 0 Å². The van der Waals surface area contributed by atoms with Gasteiger partial charge in [-0.05, 0) is 37.0 Å². The fraction of sp³-hybridized carbons (Fsp3) is 0.476. The van der Waals surface area contributed by atoms with Crippen molar-refractivity contribution in [1.82, 2.24) is 25.4 Å². The van der Waals surface area contributed by atoms with E-state index < -0.39 is 6.09 Å². The van der Waals surface area contributed by atoms with Gasteiger partial charge in [0, 0.05) is 30.6 Å². The third kappa shape index (κ3) is 5.41. The standard InChI is InChI=1S/C21H25ClN6O3/c1-13(2)20-26-18(27-31-20)12-30-21(29)24-10-14-5-7-28(8-6-14)19-11-23-17-9-15(22)3-4-16(17)25-19/h3-4,9,11,13-14H,5-8,10,12H2,1-2H3,(H,24,29). The van der Waals surface area contributed by atoms with Crippen molar-refractivity contribution in [2.45, 2.75) is 39.2 Å². The molecular weight excluding hydrogens is 420 g/mol. The van der Waals surface area contributed by atoms with Gasteiger partial charge in [0.05, 0.1) is 17.2 Å². The first-order chi connectivity index (χ1) is 15.0. The molecule has 1 aliphatic heterocycles. The Morgan fingerprint density at radius 1 is 1.29 bits per heavy atom. The molecule has 10 heteroatoms. The third-order valence-electron chi connectivity index (χ3n) is 5.28. The zero-order valence-corrected chi connectivity index (χ0v) is 18.3. The molecule has 0 radical (unpaired) electrons. The maximum atomic E-state index is 12.0. The molecule has 0 aliphatic carbocycles. The van der Waals surface area contributed by atoms with Crippen LogP contribution in [0.2, 0.25) is 5.02 Å². The zero-order chi connectivity index (χ0) is 21.8. The van der Waals surface area contributed by atoms with Crippen molar-refractivity contribution in [3.05, 3.63) is 41.1 Å². The molecule has 1 aliphatic rings. The number of aromatic nitrogens is 4. The second-order valence-electron chi connectivity index (χ2n) is 7.95. The number of hydrogen-bond donors (Lipinski definition) is 1. The van der Waals surface area contributed by atoms with Gasteiger partial charge in [0.2, 0.25) is 11.7 Å². The molecule has 1 fully saturated rings. The van der Waals surface area contributed by atoms with E-state index in [1.807, 2.05) is 32.0 Å². The van der Waals surface area contributed by atoms with Crippen LogP contribution in [0.25, 0.3) is 11.0 Å². The van der Waals surface area contributed by atoms with Crippen LogP contribution in [0.1, 0.15) is 44.3 Å². The van der Waals surface area contributed by atoms with Crippen molar-refractivity contribution in [1.29, 1.82) is 0 Å². The molecule has 0 saturated carbocycles. The highest BCUT2D eigenvalue weighted by atomic mass is 35.5. The molecule has 1 N–H and O–H groups in total. The highest BCUT2D eigenvalue weighted by Gasteiger charge is 2.21. The van der Waals surface area contributed by atoms with Crippen molar-refractivity contribution in [2.24, 2.45) is 5.92 Å². The van der Waals surface area contributed by atoms with Crippen LogP contribution in [0.5, 0.6) is 0 Å². The van der Waals surface area contributed by atoms with Crippen molar-refractivity contribution in [3.63, 3.8) is 0 Å². The maximum Gasteiger partial charge on any atom is 0.407 e. The predicted molar refractivity (Wildman–Crippen MR) is 116 cm³/mol. The Balaban J connectivity index is 1.21. The third-order valence-corrected chi connectivity index (χ3v) is 5.51. The van der Waals surface area contributed by atoms with E-state index in [0.29, 0.717) is 29.2 Å². The van der Waals surface area contributed by atoms with Crippen LogP contribution in [0.4, 0.5) is 10.6 Å². The molecule has 0 spiro atoms. The first kappa shape index (κ1) is 21.3. The van der Waals surface area contributed by atoms with E-state index in [4.69, 9.17) is 25.8 Å². The Labute approximate surface area is 185 Å². The Bertz CT molecular complexity index is 1050. The fourth-order valence-corrected chi connectivity index (χ4v) is 3.63. The van der Waals surface area contributed by atoms with Crippen LogP contribution in [0.15, 0.2) is 28.9 Å². The molecule has 3 aromatic rings. The minimum Gasteiger partial charge on any atom is -0.441 e. The summed E-state index contributed by atoms with van der Waals surface area (Å²) in [4.78, 5) is 27.6. The normalized spacial score (nSPS) is 14.9. The molecule has 0 bridgehead atoms. The summed E-state index contributed by atoms with van der Waals surface area (Å²) in [6.07, 6.45) is 3.21. The number of amides is 1. The van der Waals surface area contributed by atoms with Crippen LogP contribution in [-0.4, -0.2) is 45.8 Å². The smallest absolute Gasteiger partial charge is 0.407 e. The first-order valence-electron chi connectivity index (χ1n) is 10.4. The van der Waals surface area contributed by atoms with Gasteiger partial charge in [0.15, 0.2) is 6.61 Å². The number of rotatable bonds is 6. The van der Waals surface area contributed by atoms with E-state index >= 15 is 0 Å². The predicted octanol–water partition coefficient (Wildman–Crippen LogP) is 3.93. The minimum absolute atomic E-state index is 0.00760. The summed E-state index contributed by atoms with van der Waals surface area (Å²) in [5.74, 6) is 2.28. The molecule has 0 atom stereocenters. The highest BCUT2D eigenvalue weighted by molar-refractivity contribution is 6.31. The number of nitrogens with one attached hydrogen (secondary N) is 1. The molecule has 3 heterocycles. The summed E-state index contributed by atoms with van der Waals surface area (Å²) in [5.41, 5.74) is 1.62. The molecule has 1 aromatic carbocycles. The highest BCUT2D eigenvalue weighted by Crippen LogP contribution is 2.23. The molecule has 1 saturated heterocycles. The number of piperidine rings is 1. The van der Waals surface area contributed by atoms with Gasteiger partial charge in [-0.2, -0.15) is 4.98 Å². The Kier molecular flexibility index (Phi) is 6.50. The fourth-order valence-electron chi connectivity index (χ4n) is 3.46. The lowest BCUT2D eigenvalue weighted by molar-refractivity contribution is 0.133. The molecule has 164 valence electrons. The van der Waals surface area contributed by atoms with E-state index in [1.165, 1.54) is 0 Å². The van der Waals surface area contributed by atoms with Gasteiger partial charge in [0.1, 0.15) is 5.82 Å².